The van der Waals surface area contributed by atoms with Crippen LogP contribution in [0.25, 0.3) is 10.4 Å². The van der Waals surface area contributed by atoms with Crippen molar-refractivity contribution < 1.29 is 18.3 Å². The Morgan fingerprint density at radius 1 is 1.11 bits per heavy atom. The van der Waals surface area contributed by atoms with E-state index in [2.05, 4.69) is 15.0 Å². The molecule has 2 aromatic carbocycles. The molecule has 36 heavy (non-hydrogen) atoms. The molecule has 0 amide bonds. The lowest BCUT2D eigenvalue weighted by molar-refractivity contribution is -0.140. The topological polar surface area (TPSA) is 108 Å². The average Bonchev–Trinajstić information content (AvgIpc) is 3.37. The SMILES string of the molecule is O=C(O)[C@]1(NS(=O)(=O)c2ccc(-c3ccc(Cl)cc3)s2)C[C@H]1c1cccc(NCc2cccnc2)c1. The van der Waals surface area contributed by atoms with Crippen molar-refractivity contribution in [2.24, 2.45) is 0 Å². The van der Waals surface area contributed by atoms with Gasteiger partial charge in [-0.3, -0.25) is 9.78 Å². The highest BCUT2D eigenvalue weighted by Gasteiger charge is 2.63. The van der Waals surface area contributed by atoms with Crippen LogP contribution in [0.15, 0.2) is 89.4 Å². The molecule has 3 N–H and O–H groups in total. The van der Waals surface area contributed by atoms with E-state index in [1.165, 1.54) is 6.07 Å². The molecule has 4 aromatic rings. The summed E-state index contributed by atoms with van der Waals surface area (Å²) >= 11 is 7.02. The number of anilines is 1. The third kappa shape index (κ3) is 5.01. The summed E-state index contributed by atoms with van der Waals surface area (Å²) in [6.45, 7) is 0.562. The van der Waals surface area contributed by atoms with Crippen molar-refractivity contribution in [2.75, 3.05) is 5.32 Å². The molecule has 10 heteroatoms. The van der Waals surface area contributed by atoms with Crippen molar-refractivity contribution in [3.05, 3.63) is 101 Å². The van der Waals surface area contributed by atoms with Gasteiger partial charge in [-0.2, -0.15) is 4.72 Å². The molecule has 0 radical (unpaired) electrons. The van der Waals surface area contributed by atoms with Gasteiger partial charge < -0.3 is 10.4 Å². The Bertz CT molecular complexity index is 1510. The number of nitrogens with zero attached hydrogens (tertiary/aromatic N) is 1. The van der Waals surface area contributed by atoms with Crippen molar-refractivity contribution in [2.45, 2.75) is 28.6 Å². The molecule has 0 saturated heterocycles. The highest BCUT2D eigenvalue weighted by atomic mass is 35.5. The summed E-state index contributed by atoms with van der Waals surface area (Å²) in [4.78, 5) is 17.1. The third-order valence-corrected chi connectivity index (χ3v) is 9.53. The molecular formula is C26H22ClN3O4S2. The number of hydrogen-bond donors (Lipinski definition) is 3. The molecule has 1 saturated carbocycles. The number of carboxylic acid groups (broad SMARTS) is 1. The molecule has 184 valence electrons. The van der Waals surface area contributed by atoms with Crippen molar-refractivity contribution in [1.82, 2.24) is 9.71 Å². The van der Waals surface area contributed by atoms with Crippen LogP contribution in [0.2, 0.25) is 5.02 Å². The number of halogens is 1. The number of carbonyl (C=O) groups is 1. The summed E-state index contributed by atoms with van der Waals surface area (Å²) in [6.07, 6.45) is 3.65. The second kappa shape index (κ2) is 9.67. The van der Waals surface area contributed by atoms with Crippen LogP contribution in [0.5, 0.6) is 0 Å². The number of sulfonamides is 1. The molecule has 0 unspecified atom stereocenters. The van der Waals surface area contributed by atoms with Gasteiger partial charge in [-0.15, -0.1) is 11.3 Å². The molecule has 5 rings (SSSR count). The Morgan fingerprint density at radius 2 is 1.92 bits per heavy atom. The van der Waals surface area contributed by atoms with Gasteiger partial charge in [0.1, 0.15) is 9.75 Å². The zero-order chi connectivity index (χ0) is 25.3. The van der Waals surface area contributed by atoms with Crippen LogP contribution < -0.4 is 10.0 Å². The summed E-state index contributed by atoms with van der Waals surface area (Å²) < 4.78 is 28.9. The van der Waals surface area contributed by atoms with Crippen LogP contribution >= 0.6 is 22.9 Å². The molecule has 0 aliphatic heterocycles. The Balaban J connectivity index is 1.33. The first-order valence-corrected chi connectivity index (χ1v) is 13.8. The van der Waals surface area contributed by atoms with E-state index in [1.807, 2.05) is 48.5 Å². The first kappa shape index (κ1) is 24.5. The Hall–Kier alpha value is -3.24. The minimum absolute atomic E-state index is 0.0608. The maximum atomic E-state index is 13.2. The second-order valence-electron chi connectivity index (χ2n) is 8.60. The van der Waals surface area contributed by atoms with E-state index >= 15 is 0 Å². The van der Waals surface area contributed by atoms with Gasteiger partial charge in [-0.1, -0.05) is 41.9 Å². The Labute approximate surface area is 217 Å². The summed E-state index contributed by atoms with van der Waals surface area (Å²) in [5.41, 5.74) is 1.82. The zero-order valence-corrected chi connectivity index (χ0v) is 21.3. The standard InChI is InChI=1S/C26H22ClN3O4S2/c27-20-8-6-18(7-9-20)23-10-11-24(35-23)36(33,34)30-26(25(31)32)14-22(26)19-4-1-5-21(13-19)29-16-17-3-2-12-28-15-17/h1-13,15,22,29-30H,14,16H2,(H,31,32)/t22-,26-/m0/s1. The van der Waals surface area contributed by atoms with Gasteiger partial charge in [-0.25, -0.2) is 8.42 Å². The lowest BCUT2D eigenvalue weighted by Gasteiger charge is -2.15. The summed E-state index contributed by atoms with van der Waals surface area (Å²) in [7, 11) is -4.05. The van der Waals surface area contributed by atoms with Crippen molar-refractivity contribution in [1.29, 1.82) is 0 Å². The van der Waals surface area contributed by atoms with Crippen LogP contribution in [0.1, 0.15) is 23.5 Å². The number of aliphatic carboxylic acids is 1. The first-order valence-electron chi connectivity index (χ1n) is 11.1. The number of thiophene rings is 1. The van der Waals surface area contributed by atoms with Gasteiger partial charge in [0.2, 0.25) is 0 Å². The molecule has 2 atom stereocenters. The second-order valence-corrected chi connectivity index (χ2v) is 12.0. The van der Waals surface area contributed by atoms with E-state index in [0.29, 0.717) is 11.6 Å². The number of benzene rings is 2. The van der Waals surface area contributed by atoms with Crippen LogP contribution in [0.3, 0.4) is 0 Å². The quantitative estimate of drug-likeness (QED) is 0.264. The smallest absolute Gasteiger partial charge is 0.325 e. The summed E-state index contributed by atoms with van der Waals surface area (Å²) in [5, 5.41) is 13.9. The van der Waals surface area contributed by atoms with E-state index < -0.39 is 27.4 Å². The van der Waals surface area contributed by atoms with E-state index in [4.69, 9.17) is 11.6 Å². The molecule has 1 aliphatic carbocycles. The largest absolute Gasteiger partial charge is 0.480 e. The fourth-order valence-electron chi connectivity index (χ4n) is 4.15. The van der Waals surface area contributed by atoms with E-state index in [-0.39, 0.29) is 10.6 Å². The molecular weight excluding hydrogens is 518 g/mol. The zero-order valence-electron chi connectivity index (χ0n) is 18.9. The fraction of sp³-hybridized carbons (Fsp3) is 0.154. The number of nitrogens with one attached hydrogen (secondary N) is 2. The Kier molecular flexibility index (Phi) is 6.57. The lowest BCUT2D eigenvalue weighted by atomic mass is 10.1. The van der Waals surface area contributed by atoms with Crippen LogP contribution in [0.4, 0.5) is 5.69 Å². The number of carboxylic acids is 1. The van der Waals surface area contributed by atoms with Gasteiger partial charge >= 0.3 is 5.97 Å². The van der Waals surface area contributed by atoms with Crippen LogP contribution in [-0.4, -0.2) is 30.0 Å². The first-order chi connectivity index (χ1) is 17.3. The van der Waals surface area contributed by atoms with E-state index in [9.17, 15) is 18.3 Å². The molecule has 0 spiro atoms. The van der Waals surface area contributed by atoms with Gasteiger partial charge in [0.05, 0.1) is 0 Å². The van der Waals surface area contributed by atoms with Crippen LogP contribution in [-0.2, 0) is 21.4 Å². The van der Waals surface area contributed by atoms with Gasteiger partial charge in [0.15, 0.2) is 0 Å². The minimum Gasteiger partial charge on any atom is -0.480 e. The van der Waals surface area contributed by atoms with Gasteiger partial charge in [0.25, 0.3) is 10.0 Å². The van der Waals surface area contributed by atoms with Crippen molar-refractivity contribution in [3.8, 4) is 10.4 Å². The fourth-order valence-corrected chi connectivity index (χ4v) is 7.00. The maximum Gasteiger partial charge on any atom is 0.325 e. The summed E-state index contributed by atoms with van der Waals surface area (Å²) in [6, 6.07) is 21.5. The van der Waals surface area contributed by atoms with E-state index in [0.717, 1.165) is 38.6 Å². The predicted molar refractivity (Wildman–Crippen MR) is 141 cm³/mol. The highest BCUT2D eigenvalue weighted by molar-refractivity contribution is 7.91. The predicted octanol–water partition coefficient (Wildman–Crippen LogP) is 5.36. The van der Waals surface area contributed by atoms with Crippen molar-refractivity contribution in [3.63, 3.8) is 0 Å². The number of pyridine rings is 1. The van der Waals surface area contributed by atoms with Crippen LogP contribution in [0, 0.1) is 0 Å². The number of rotatable bonds is 9. The number of hydrogen-bond acceptors (Lipinski definition) is 6. The van der Waals surface area contributed by atoms with Gasteiger partial charge in [-0.05, 0) is 65.6 Å². The van der Waals surface area contributed by atoms with Gasteiger partial charge in [0, 0.05) is 40.4 Å². The average molecular weight is 540 g/mol. The summed E-state index contributed by atoms with van der Waals surface area (Å²) in [5.74, 6) is -1.68. The lowest BCUT2D eigenvalue weighted by Crippen LogP contribution is -2.44. The molecule has 1 aliphatic rings. The molecule has 1 fully saturated rings. The molecule has 2 heterocycles. The molecule has 2 aromatic heterocycles. The third-order valence-electron chi connectivity index (χ3n) is 6.14. The maximum absolute atomic E-state index is 13.2. The van der Waals surface area contributed by atoms with E-state index in [1.54, 1.807) is 30.6 Å². The minimum atomic E-state index is -4.05. The molecule has 0 bridgehead atoms. The highest BCUT2D eigenvalue weighted by Crippen LogP contribution is 2.53. The molecule has 7 nitrogen and oxygen atoms in total. The Morgan fingerprint density at radius 3 is 2.64 bits per heavy atom. The normalized spacial score (nSPS) is 19.1. The number of aromatic nitrogens is 1. The monoisotopic (exact) mass is 539 g/mol. The van der Waals surface area contributed by atoms with Crippen molar-refractivity contribution >= 4 is 44.6 Å².